The van der Waals surface area contributed by atoms with E-state index in [0.717, 1.165) is 38.7 Å². The fourth-order valence-corrected chi connectivity index (χ4v) is 7.23. The first-order valence-electron chi connectivity index (χ1n) is 8.99. The molecule has 3 aliphatic heterocycles. The normalized spacial score (nSPS) is 36.0. The highest BCUT2D eigenvalue weighted by molar-refractivity contribution is 7.89. The van der Waals surface area contributed by atoms with Gasteiger partial charge in [0.2, 0.25) is 10.0 Å². The maximum Gasteiger partial charge on any atom is 0.217 e. The Morgan fingerprint density at radius 2 is 2.04 bits per heavy atom. The Balaban J connectivity index is 1.49. The van der Waals surface area contributed by atoms with Crippen LogP contribution >= 0.6 is 0 Å². The van der Waals surface area contributed by atoms with Gasteiger partial charge in [0.15, 0.2) is 0 Å². The second-order valence-corrected chi connectivity index (χ2v) is 10.4. The van der Waals surface area contributed by atoms with Crippen LogP contribution in [-0.4, -0.2) is 43.3 Å². The average Bonchev–Trinajstić information content (AvgIpc) is 3.14. The molecule has 4 aliphatic rings. The van der Waals surface area contributed by atoms with E-state index in [-0.39, 0.29) is 17.2 Å². The van der Waals surface area contributed by atoms with E-state index in [4.69, 9.17) is 4.74 Å². The highest BCUT2D eigenvalue weighted by atomic mass is 32.2. The Labute approximate surface area is 145 Å². The molecule has 1 unspecified atom stereocenters. The minimum Gasteiger partial charge on any atom is -0.373 e. The molecule has 1 atom stereocenters. The lowest BCUT2D eigenvalue weighted by Crippen LogP contribution is -2.51. The number of rotatable bonds is 5. The number of benzene rings is 1. The third-order valence-corrected chi connectivity index (χ3v) is 8.15. The standard InChI is InChI=1S/C19H27NO3S/c1-15-6-3-4-7-16(15)10-17-8-5-9-20(17)24(21,22)14-19-11-18(2,12-19)13-23-19/h3-4,6-7,17H,5,8-14H2,1-2H3. The average molecular weight is 349 g/mol. The van der Waals surface area contributed by atoms with E-state index in [2.05, 4.69) is 26.0 Å². The van der Waals surface area contributed by atoms with Crippen molar-refractivity contribution in [1.29, 1.82) is 0 Å². The third kappa shape index (κ3) is 2.80. The molecule has 132 valence electrons. The molecule has 0 N–H and O–H groups in total. The Bertz CT molecular complexity index is 737. The van der Waals surface area contributed by atoms with Crippen molar-refractivity contribution in [2.45, 2.75) is 57.6 Å². The van der Waals surface area contributed by atoms with E-state index in [0.29, 0.717) is 6.54 Å². The van der Waals surface area contributed by atoms with Gasteiger partial charge in [-0.05, 0) is 55.6 Å². The summed E-state index contributed by atoms with van der Waals surface area (Å²) in [4.78, 5) is 0. The molecule has 2 bridgehead atoms. The third-order valence-electron chi connectivity index (χ3n) is 6.07. The van der Waals surface area contributed by atoms with Crippen LogP contribution in [-0.2, 0) is 21.2 Å². The second kappa shape index (κ2) is 5.55. The first-order valence-corrected chi connectivity index (χ1v) is 10.6. The van der Waals surface area contributed by atoms with Crippen LogP contribution in [0.15, 0.2) is 24.3 Å². The molecule has 1 aromatic carbocycles. The lowest BCUT2D eigenvalue weighted by molar-refractivity contribution is 0.00938. The van der Waals surface area contributed by atoms with Crippen molar-refractivity contribution in [3.8, 4) is 0 Å². The monoisotopic (exact) mass is 349 g/mol. The quantitative estimate of drug-likeness (QED) is 0.821. The van der Waals surface area contributed by atoms with Gasteiger partial charge in [-0.2, -0.15) is 4.31 Å². The zero-order valence-corrected chi connectivity index (χ0v) is 15.4. The molecule has 4 fully saturated rings. The second-order valence-electron chi connectivity index (χ2n) is 8.43. The fourth-order valence-electron chi connectivity index (χ4n) is 5.07. The van der Waals surface area contributed by atoms with Crippen LogP contribution in [0, 0.1) is 12.3 Å². The summed E-state index contributed by atoms with van der Waals surface area (Å²) < 4.78 is 33.8. The SMILES string of the molecule is Cc1ccccc1CC1CCCN1S(=O)(=O)CC12CC(C)(CO1)C2. The van der Waals surface area contributed by atoms with Gasteiger partial charge in [-0.15, -0.1) is 0 Å². The maximum atomic E-state index is 13.1. The molecule has 0 amide bonds. The van der Waals surface area contributed by atoms with Gasteiger partial charge in [0.25, 0.3) is 0 Å². The number of ether oxygens (including phenoxy) is 1. The van der Waals surface area contributed by atoms with Crippen molar-refractivity contribution in [1.82, 2.24) is 4.31 Å². The van der Waals surface area contributed by atoms with Crippen LogP contribution in [0.4, 0.5) is 0 Å². The molecular weight excluding hydrogens is 322 g/mol. The highest BCUT2D eigenvalue weighted by Crippen LogP contribution is 2.58. The van der Waals surface area contributed by atoms with Gasteiger partial charge in [0.05, 0.1) is 18.0 Å². The van der Waals surface area contributed by atoms with Crippen molar-refractivity contribution in [3.05, 3.63) is 35.4 Å². The van der Waals surface area contributed by atoms with E-state index in [1.54, 1.807) is 4.31 Å². The molecule has 4 nitrogen and oxygen atoms in total. The Hall–Kier alpha value is -0.910. The highest BCUT2D eigenvalue weighted by Gasteiger charge is 2.61. The zero-order valence-electron chi connectivity index (χ0n) is 14.6. The summed E-state index contributed by atoms with van der Waals surface area (Å²) in [5.41, 5.74) is 2.33. The number of aryl methyl sites for hydroxylation is 1. The largest absolute Gasteiger partial charge is 0.373 e. The molecule has 3 saturated heterocycles. The molecule has 0 radical (unpaired) electrons. The Morgan fingerprint density at radius 1 is 1.29 bits per heavy atom. The maximum absolute atomic E-state index is 13.1. The number of hydrogen-bond acceptors (Lipinski definition) is 3. The van der Waals surface area contributed by atoms with Crippen LogP contribution in [0.3, 0.4) is 0 Å². The van der Waals surface area contributed by atoms with Gasteiger partial charge in [-0.1, -0.05) is 31.2 Å². The summed E-state index contributed by atoms with van der Waals surface area (Å²) in [6, 6.07) is 8.39. The number of fused-ring (bicyclic) bond motifs is 1. The molecule has 1 aliphatic carbocycles. The van der Waals surface area contributed by atoms with E-state index < -0.39 is 15.6 Å². The van der Waals surface area contributed by atoms with Gasteiger partial charge in [-0.25, -0.2) is 8.42 Å². The zero-order chi connectivity index (χ0) is 17.0. The van der Waals surface area contributed by atoms with Crippen LogP contribution < -0.4 is 0 Å². The van der Waals surface area contributed by atoms with E-state index >= 15 is 0 Å². The predicted molar refractivity (Wildman–Crippen MR) is 94.4 cm³/mol. The van der Waals surface area contributed by atoms with Gasteiger partial charge in [0.1, 0.15) is 0 Å². The minimum atomic E-state index is -3.26. The van der Waals surface area contributed by atoms with Gasteiger partial charge >= 0.3 is 0 Å². The van der Waals surface area contributed by atoms with E-state index in [1.165, 1.54) is 11.1 Å². The smallest absolute Gasteiger partial charge is 0.217 e. The molecule has 1 saturated carbocycles. The fraction of sp³-hybridized carbons (Fsp3) is 0.684. The number of nitrogens with zero attached hydrogens (tertiary/aromatic N) is 1. The summed E-state index contributed by atoms with van der Waals surface area (Å²) >= 11 is 0. The Kier molecular flexibility index (Phi) is 3.83. The van der Waals surface area contributed by atoms with Crippen LogP contribution in [0.2, 0.25) is 0 Å². The predicted octanol–water partition coefficient (Wildman–Crippen LogP) is 2.90. The minimum absolute atomic E-state index is 0.0976. The summed E-state index contributed by atoms with van der Waals surface area (Å²) in [5, 5.41) is 0. The Morgan fingerprint density at radius 3 is 2.71 bits per heavy atom. The van der Waals surface area contributed by atoms with Crippen LogP contribution in [0.25, 0.3) is 0 Å². The molecule has 1 aromatic rings. The summed E-state index contributed by atoms with van der Waals surface area (Å²) in [6.45, 7) is 5.67. The molecular formula is C19H27NO3S. The molecule has 5 heteroatoms. The van der Waals surface area contributed by atoms with Crippen LogP contribution in [0.1, 0.15) is 43.7 Å². The lowest BCUT2D eigenvalue weighted by Gasteiger charge is -2.43. The number of sulfonamides is 1. The lowest BCUT2D eigenvalue weighted by atomic mass is 9.65. The molecule has 0 spiro atoms. The first kappa shape index (κ1) is 16.6. The summed E-state index contributed by atoms with van der Waals surface area (Å²) in [5.74, 6) is 0.167. The summed E-state index contributed by atoms with van der Waals surface area (Å²) in [6.07, 6.45) is 4.53. The van der Waals surface area contributed by atoms with Crippen molar-refractivity contribution in [2.75, 3.05) is 18.9 Å². The topological polar surface area (TPSA) is 46.6 Å². The van der Waals surface area contributed by atoms with Crippen molar-refractivity contribution < 1.29 is 13.2 Å². The van der Waals surface area contributed by atoms with E-state index in [9.17, 15) is 8.42 Å². The van der Waals surface area contributed by atoms with Crippen LogP contribution in [0.5, 0.6) is 0 Å². The molecule has 3 heterocycles. The molecule has 5 rings (SSSR count). The summed E-state index contributed by atoms with van der Waals surface area (Å²) in [7, 11) is -3.26. The van der Waals surface area contributed by atoms with E-state index in [1.807, 2.05) is 12.1 Å². The van der Waals surface area contributed by atoms with Gasteiger partial charge in [0, 0.05) is 12.6 Å². The molecule has 24 heavy (non-hydrogen) atoms. The first-order chi connectivity index (χ1) is 11.3. The van der Waals surface area contributed by atoms with Gasteiger partial charge < -0.3 is 4.74 Å². The van der Waals surface area contributed by atoms with Crippen molar-refractivity contribution >= 4 is 10.0 Å². The number of hydrogen-bond donors (Lipinski definition) is 0. The van der Waals surface area contributed by atoms with Crippen molar-refractivity contribution in [3.63, 3.8) is 0 Å². The van der Waals surface area contributed by atoms with Gasteiger partial charge in [-0.3, -0.25) is 0 Å². The molecule has 0 aromatic heterocycles. The van der Waals surface area contributed by atoms with Crippen molar-refractivity contribution in [2.24, 2.45) is 5.41 Å².